The topological polar surface area (TPSA) is 43.6 Å². The first-order valence-electron chi connectivity index (χ1n) is 11.1. The third-order valence-corrected chi connectivity index (χ3v) is 5.26. The molecule has 0 saturated carbocycles. The minimum atomic E-state index is 0. The van der Waals surface area contributed by atoms with Crippen molar-refractivity contribution in [3.05, 3.63) is 133 Å². The fourth-order valence-electron chi connectivity index (χ4n) is 3.66. The summed E-state index contributed by atoms with van der Waals surface area (Å²) in [5.41, 5.74) is 6.77. The van der Waals surface area contributed by atoms with Crippen molar-refractivity contribution in [3.8, 4) is 28.3 Å². The number of aryl methyl sites for hydroxylation is 1. The number of para-hydroxylation sites is 1. The molecule has 0 fully saturated rings. The van der Waals surface area contributed by atoms with Gasteiger partial charge in [0.2, 0.25) is 0 Å². The Morgan fingerprint density at radius 1 is 0.657 bits per heavy atom. The standard InChI is InChI=1S/C19H14N3.C11H8N.Ir/c1-14-12-13-17-19(20-14)22(16-10-6-3-7-11-16)18(21-17)15-8-4-2-5-9-15;1-2-6-10(7-3-1)11-8-4-5-9-12-11;/h2-8,10-13H,1H3;1-6,8-9H;/q2*-1;. The zero-order valence-electron chi connectivity index (χ0n) is 19.1. The van der Waals surface area contributed by atoms with Crippen LogP contribution in [0.15, 0.2) is 115 Å². The summed E-state index contributed by atoms with van der Waals surface area (Å²) in [6.07, 6.45) is 1.79. The Bertz CT molecular complexity index is 1450. The van der Waals surface area contributed by atoms with E-state index in [9.17, 15) is 0 Å². The smallest absolute Gasteiger partial charge is 0.155 e. The molecule has 0 saturated heterocycles. The molecule has 0 bridgehead atoms. The van der Waals surface area contributed by atoms with Gasteiger partial charge in [-0.15, -0.1) is 71.8 Å². The van der Waals surface area contributed by atoms with E-state index in [0.29, 0.717) is 0 Å². The molecule has 5 heteroatoms. The Morgan fingerprint density at radius 3 is 2.00 bits per heavy atom. The van der Waals surface area contributed by atoms with Gasteiger partial charge < -0.3 is 9.55 Å². The summed E-state index contributed by atoms with van der Waals surface area (Å²) >= 11 is 0. The maximum atomic E-state index is 4.77. The van der Waals surface area contributed by atoms with E-state index in [0.717, 1.165) is 45.2 Å². The molecule has 0 spiro atoms. The van der Waals surface area contributed by atoms with Crippen molar-refractivity contribution in [2.75, 3.05) is 0 Å². The van der Waals surface area contributed by atoms with Crippen LogP contribution < -0.4 is 0 Å². The number of fused-ring (bicyclic) bond motifs is 1. The molecule has 173 valence electrons. The number of imidazole rings is 1. The molecule has 0 aliphatic carbocycles. The maximum Gasteiger partial charge on any atom is 0.155 e. The van der Waals surface area contributed by atoms with E-state index in [2.05, 4.69) is 38.8 Å². The quantitative estimate of drug-likeness (QED) is 0.204. The maximum absolute atomic E-state index is 4.77. The summed E-state index contributed by atoms with van der Waals surface area (Å²) in [6, 6.07) is 42.2. The second-order valence-corrected chi connectivity index (χ2v) is 7.67. The molecule has 0 aliphatic heterocycles. The zero-order valence-corrected chi connectivity index (χ0v) is 21.5. The van der Waals surface area contributed by atoms with Crippen LogP contribution >= 0.6 is 0 Å². The number of rotatable bonds is 3. The molecule has 6 rings (SSSR count). The summed E-state index contributed by atoms with van der Waals surface area (Å²) in [5.74, 6) is 0.861. The van der Waals surface area contributed by atoms with Gasteiger partial charge in [-0.25, -0.2) is 4.98 Å². The van der Waals surface area contributed by atoms with Crippen molar-refractivity contribution >= 4 is 11.2 Å². The van der Waals surface area contributed by atoms with Crippen LogP contribution in [0.2, 0.25) is 0 Å². The third-order valence-electron chi connectivity index (χ3n) is 5.26. The molecule has 1 radical (unpaired) electrons. The second-order valence-electron chi connectivity index (χ2n) is 7.67. The van der Waals surface area contributed by atoms with Crippen molar-refractivity contribution in [1.82, 2.24) is 19.5 Å². The van der Waals surface area contributed by atoms with Crippen LogP contribution in [-0.2, 0) is 20.1 Å². The third kappa shape index (κ3) is 5.60. The molecule has 0 atom stereocenters. The number of nitrogens with zero attached hydrogens (tertiary/aromatic N) is 4. The monoisotopic (exact) mass is 631 g/mol. The number of benzene rings is 3. The molecule has 35 heavy (non-hydrogen) atoms. The van der Waals surface area contributed by atoms with Crippen molar-refractivity contribution in [3.63, 3.8) is 0 Å². The van der Waals surface area contributed by atoms with E-state index in [1.165, 1.54) is 0 Å². The normalized spacial score (nSPS) is 10.2. The van der Waals surface area contributed by atoms with Gasteiger partial charge >= 0.3 is 0 Å². The van der Waals surface area contributed by atoms with Crippen LogP contribution in [0.4, 0.5) is 0 Å². The van der Waals surface area contributed by atoms with Gasteiger partial charge in [0, 0.05) is 37.7 Å². The first kappa shape index (κ1) is 24.2. The number of pyridine rings is 2. The SMILES string of the molecule is Cc1ccc2nc(-c3[c-]cccc3)n(-c3ccccc3)c2n1.[Ir].[c-]1ccccc1-c1ccccn1. The molecular weight excluding hydrogens is 609 g/mol. The summed E-state index contributed by atoms with van der Waals surface area (Å²) in [4.78, 5) is 13.7. The molecular formula is C30H22IrN4-2. The molecule has 0 unspecified atom stereocenters. The van der Waals surface area contributed by atoms with Crippen molar-refractivity contribution < 1.29 is 20.1 Å². The van der Waals surface area contributed by atoms with E-state index >= 15 is 0 Å². The van der Waals surface area contributed by atoms with Gasteiger partial charge in [-0.3, -0.25) is 4.98 Å². The fourth-order valence-corrected chi connectivity index (χ4v) is 3.66. The number of hydrogen-bond donors (Lipinski definition) is 0. The van der Waals surface area contributed by atoms with Gasteiger partial charge in [0.25, 0.3) is 0 Å². The van der Waals surface area contributed by atoms with Crippen LogP contribution in [0.3, 0.4) is 0 Å². The second kappa shape index (κ2) is 11.5. The Morgan fingerprint density at radius 2 is 1.34 bits per heavy atom. The Balaban J connectivity index is 0.000000189. The van der Waals surface area contributed by atoms with Crippen LogP contribution in [-0.4, -0.2) is 19.5 Å². The summed E-state index contributed by atoms with van der Waals surface area (Å²) in [6.45, 7) is 2.00. The molecule has 6 aromatic rings. The van der Waals surface area contributed by atoms with Crippen LogP contribution in [0.25, 0.3) is 39.5 Å². The van der Waals surface area contributed by atoms with Crippen molar-refractivity contribution in [2.45, 2.75) is 6.92 Å². The van der Waals surface area contributed by atoms with Gasteiger partial charge in [0.15, 0.2) is 5.65 Å². The molecule has 3 heterocycles. The fraction of sp³-hybridized carbons (Fsp3) is 0.0333. The Kier molecular flexibility index (Phi) is 7.94. The molecule has 0 N–H and O–H groups in total. The van der Waals surface area contributed by atoms with Gasteiger partial charge in [-0.1, -0.05) is 30.3 Å². The molecule has 3 aromatic carbocycles. The first-order valence-corrected chi connectivity index (χ1v) is 11.1. The summed E-state index contributed by atoms with van der Waals surface area (Å²) < 4.78 is 2.09. The van der Waals surface area contributed by atoms with Gasteiger partial charge in [0.05, 0.1) is 11.3 Å². The zero-order chi connectivity index (χ0) is 23.2. The summed E-state index contributed by atoms with van der Waals surface area (Å²) in [5, 5.41) is 0. The first-order chi connectivity index (χ1) is 16.8. The minimum Gasteiger partial charge on any atom is -0.318 e. The van der Waals surface area contributed by atoms with Crippen molar-refractivity contribution in [1.29, 1.82) is 0 Å². The van der Waals surface area contributed by atoms with E-state index in [1.54, 1.807) is 6.20 Å². The van der Waals surface area contributed by atoms with Gasteiger partial charge in [-0.2, -0.15) is 0 Å². The molecule has 0 aliphatic rings. The number of hydrogen-bond acceptors (Lipinski definition) is 3. The van der Waals surface area contributed by atoms with Crippen molar-refractivity contribution in [2.24, 2.45) is 0 Å². The van der Waals surface area contributed by atoms with Crippen LogP contribution in [0.5, 0.6) is 0 Å². The van der Waals surface area contributed by atoms with Crippen LogP contribution in [0.1, 0.15) is 5.69 Å². The summed E-state index contributed by atoms with van der Waals surface area (Å²) in [7, 11) is 0. The van der Waals surface area contributed by atoms with E-state index in [-0.39, 0.29) is 20.1 Å². The number of aromatic nitrogens is 4. The minimum absolute atomic E-state index is 0. The predicted octanol–water partition coefficient (Wildman–Crippen LogP) is 6.74. The Labute approximate surface area is 218 Å². The predicted molar refractivity (Wildman–Crippen MR) is 136 cm³/mol. The molecule has 3 aromatic heterocycles. The van der Waals surface area contributed by atoms with Gasteiger partial charge in [-0.05, 0) is 42.9 Å². The molecule has 4 nitrogen and oxygen atoms in total. The van der Waals surface area contributed by atoms with Gasteiger partial charge in [0.1, 0.15) is 0 Å². The van der Waals surface area contributed by atoms with E-state index in [4.69, 9.17) is 4.98 Å². The van der Waals surface area contributed by atoms with E-state index in [1.807, 2.05) is 104 Å². The van der Waals surface area contributed by atoms with Crippen LogP contribution in [0, 0.1) is 19.1 Å². The molecule has 0 amide bonds. The Hall–Kier alpha value is -3.92. The largest absolute Gasteiger partial charge is 0.318 e. The average molecular weight is 631 g/mol. The average Bonchev–Trinajstić information content (AvgIpc) is 3.30. The van der Waals surface area contributed by atoms with E-state index < -0.39 is 0 Å².